The molecule has 0 spiro atoms. The zero-order valence-electron chi connectivity index (χ0n) is 24.2. The van der Waals surface area contributed by atoms with Crippen molar-refractivity contribution < 1.29 is 26.2 Å². The van der Waals surface area contributed by atoms with Gasteiger partial charge in [0.25, 0.3) is 0 Å². The molecule has 5 rings (SSSR count). The van der Waals surface area contributed by atoms with Crippen LogP contribution in [0.1, 0.15) is 52.7 Å². The SMILES string of the molecule is CC(C)(C)c1cc(-c2ncnc(-c3[c-]c(N(c4ccccc4)c4ccccn4)ccc3)n2)c(O)c(C(C)(C)C)c1.[Pt]. The van der Waals surface area contributed by atoms with E-state index < -0.39 is 0 Å². The summed E-state index contributed by atoms with van der Waals surface area (Å²) in [5.41, 5.74) is 4.66. The fourth-order valence-corrected chi connectivity index (χ4v) is 4.54. The van der Waals surface area contributed by atoms with Gasteiger partial charge in [0.15, 0.2) is 5.82 Å². The molecule has 0 atom stereocenters. The molecular weight excluding hydrogens is 689 g/mol. The molecule has 2 aromatic heterocycles. The van der Waals surface area contributed by atoms with Crippen molar-refractivity contribution in [3.63, 3.8) is 0 Å². The average Bonchev–Trinajstić information content (AvgIpc) is 2.93. The van der Waals surface area contributed by atoms with Gasteiger partial charge in [0.1, 0.15) is 17.9 Å². The Labute approximate surface area is 256 Å². The van der Waals surface area contributed by atoms with Crippen LogP contribution in [0.15, 0.2) is 91.4 Å². The van der Waals surface area contributed by atoms with Gasteiger partial charge in [0, 0.05) is 38.5 Å². The summed E-state index contributed by atoms with van der Waals surface area (Å²) in [7, 11) is 0. The van der Waals surface area contributed by atoms with E-state index in [0.29, 0.717) is 22.8 Å². The summed E-state index contributed by atoms with van der Waals surface area (Å²) in [6.45, 7) is 12.8. The van der Waals surface area contributed by atoms with Gasteiger partial charge in [-0.25, -0.2) is 9.97 Å². The molecule has 0 amide bonds. The predicted molar refractivity (Wildman–Crippen MR) is 161 cm³/mol. The van der Waals surface area contributed by atoms with Crippen LogP contribution in [0.3, 0.4) is 0 Å². The molecule has 1 N–H and O–H groups in total. The minimum absolute atomic E-state index is 0. The van der Waals surface area contributed by atoms with E-state index >= 15 is 0 Å². The molecule has 3 aromatic carbocycles. The Morgan fingerprint density at radius 2 is 1.44 bits per heavy atom. The topological polar surface area (TPSA) is 75.0 Å². The molecule has 0 aliphatic heterocycles. The fraction of sp³-hybridized carbons (Fsp3) is 0.235. The first-order valence-corrected chi connectivity index (χ1v) is 13.4. The molecule has 2 heterocycles. The molecule has 0 saturated carbocycles. The Bertz CT molecular complexity index is 1590. The van der Waals surface area contributed by atoms with Crippen LogP contribution in [0, 0.1) is 6.07 Å². The average molecular weight is 724 g/mol. The van der Waals surface area contributed by atoms with Crippen LogP contribution in [-0.4, -0.2) is 25.0 Å². The molecule has 0 saturated heterocycles. The molecule has 7 heteroatoms. The maximum atomic E-state index is 11.4. The van der Waals surface area contributed by atoms with Gasteiger partial charge in [0.2, 0.25) is 0 Å². The van der Waals surface area contributed by atoms with Crippen molar-refractivity contribution >= 4 is 17.2 Å². The van der Waals surface area contributed by atoms with Crippen molar-refractivity contribution in [3.05, 3.63) is 109 Å². The monoisotopic (exact) mass is 723 g/mol. The maximum Gasteiger partial charge on any atom is 0.157 e. The zero-order chi connectivity index (χ0) is 28.5. The zero-order valence-corrected chi connectivity index (χ0v) is 26.4. The Morgan fingerprint density at radius 3 is 2.10 bits per heavy atom. The Balaban J connectivity index is 0.00000387. The van der Waals surface area contributed by atoms with E-state index in [1.54, 1.807) is 6.20 Å². The van der Waals surface area contributed by atoms with Crippen LogP contribution in [0.25, 0.3) is 22.8 Å². The van der Waals surface area contributed by atoms with Gasteiger partial charge in [-0.2, -0.15) is 0 Å². The summed E-state index contributed by atoms with van der Waals surface area (Å²) in [5, 5.41) is 11.4. The molecule has 0 radical (unpaired) electrons. The van der Waals surface area contributed by atoms with E-state index in [9.17, 15) is 5.11 Å². The number of aromatic hydroxyl groups is 1. The summed E-state index contributed by atoms with van der Waals surface area (Å²) in [6, 6.07) is 29.3. The third kappa shape index (κ3) is 6.55. The first kappa shape index (κ1) is 30.1. The molecule has 0 fully saturated rings. The number of nitrogens with zero attached hydrogens (tertiary/aromatic N) is 5. The number of pyridine rings is 1. The third-order valence-electron chi connectivity index (χ3n) is 6.75. The number of hydrogen-bond acceptors (Lipinski definition) is 6. The number of para-hydroxylation sites is 1. The number of benzene rings is 3. The third-order valence-corrected chi connectivity index (χ3v) is 6.75. The van der Waals surface area contributed by atoms with E-state index in [2.05, 4.69) is 68.6 Å². The van der Waals surface area contributed by atoms with E-state index in [0.717, 1.165) is 28.3 Å². The summed E-state index contributed by atoms with van der Waals surface area (Å²) in [4.78, 5) is 20.4. The first-order valence-electron chi connectivity index (χ1n) is 13.4. The molecule has 0 bridgehead atoms. The second-order valence-corrected chi connectivity index (χ2v) is 11.9. The number of phenolic OH excluding ortho intramolecular Hbond substituents is 1. The number of rotatable bonds is 5. The quantitative estimate of drug-likeness (QED) is 0.185. The standard InChI is InChI=1S/C34H34N5O.Pt/c1-33(2,3)24-20-27(30(40)28(21-24)34(4,5)6)32-37-22-36-31(38-32)23-13-12-16-26(19-23)39(25-14-8-7-9-15-25)29-17-10-11-18-35-29;/h7-18,20-22,40H,1-6H3;/q-1;. The van der Waals surface area contributed by atoms with Crippen LogP contribution in [-0.2, 0) is 31.9 Å². The van der Waals surface area contributed by atoms with Gasteiger partial charge in [0.05, 0.1) is 11.4 Å². The molecule has 0 aliphatic rings. The van der Waals surface area contributed by atoms with Gasteiger partial charge in [-0.3, -0.25) is 9.97 Å². The summed E-state index contributed by atoms with van der Waals surface area (Å²) in [5.74, 6) is 1.86. The molecular formula is C34H34N5OPt-. The Kier molecular flexibility index (Phi) is 8.74. The van der Waals surface area contributed by atoms with Gasteiger partial charge >= 0.3 is 0 Å². The first-order chi connectivity index (χ1) is 19.0. The smallest absolute Gasteiger partial charge is 0.157 e. The second kappa shape index (κ2) is 11.9. The normalized spacial score (nSPS) is 11.6. The van der Waals surface area contributed by atoms with Crippen molar-refractivity contribution in [2.75, 3.05) is 4.90 Å². The summed E-state index contributed by atoms with van der Waals surface area (Å²) < 4.78 is 0. The number of phenols is 1. The van der Waals surface area contributed by atoms with Crippen molar-refractivity contribution in [1.29, 1.82) is 0 Å². The molecule has 5 aromatic rings. The van der Waals surface area contributed by atoms with E-state index in [1.165, 1.54) is 6.33 Å². The predicted octanol–water partition coefficient (Wildman–Crippen LogP) is 8.17. The van der Waals surface area contributed by atoms with Crippen molar-refractivity contribution in [2.24, 2.45) is 0 Å². The van der Waals surface area contributed by atoms with Crippen LogP contribution in [0.5, 0.6) is 5.75 Å². The van der Waals surface area contributed by atoms with Crippen LogP contribution >= 0.6 is 0 Å². The van der Waals surface area contributed by atoms with Gasteiger partial charge in [-0.15, -0.1) is 29.8 Å². The molecule has 0 aliphatic carbocycles. The van der Waals surface area contributed by atoms with Gasteiger partial charge < -0.3 is 10.0 Å². The maximum absolute atomic E-state index is 11.4. The summed E-state index contributed by atoms with van der Waals surface area (Å²) >= 11 is 0. The van der Waals surface area contributed by atoms with E-state index in [4.69, 9.17) is 4.98 Å². The molecule has 0 unspecified atom stereocenters. The largest absolute Gasteiger partial charge is 0.507 e. The van der Waals surface area contributed by atoms with Crippen LogP contribution < -0.4 is 4.90 Å². The van der Waals surface area contributed by atoms with E-state index in [-0.39, 0.29) is 37.6 Å². The number of aromatic nitrogens is 4. The van der Waals surface area contributed by atoms with Crippen LogP contribution in [0.4, 0.5) is 17.2 Å². The van der Waals surface area contributed by atoms with Crippen LogP contribution in [0.2, 0.25) is 0 Å². The minimum Gasteiger partial charge on any atom is -0.507 e. The second-order valence-electron chi connectivity index (χ2n) is 11.9. The van der Waals surface area contributed by atoms with Gasteiger partial charge in [-0.1, -0.05) is 71.9 Å². The summed E-state index contributed by atoms with van der Waals surface area (Å²) in [6.07, 6.45) is 3.27. The fourth-order valence-electron chi connectivity index (χ4n) is 4.54. The minimum atomic E-state index is -0.259. The van der Waals surface area contributed by atoms with Crippen molar-refractivity contribution in [3.8, 4) is 28.5 Å². The molecule has 6 nitrogen and oxygen atoms in total. The number of anilines is 3. The molecule has 41 heavy (non-hydrogen) atoms. The number of hydrogen-bond donors (Lipinski definition) is 1. The molecule has 212 valence electrons. The Morgan fingerprint density at radius 1 is 0.732 bits per heavy atom. The Hall–Kier alpha value is -3.89. The van der Waals surface area contributed by atoms with Crippen molar-refractivity contribution in [1.82, 2.24) is 19.9 Å². The van der Waals surface area contributed by atoms with Crippen molar-refractivity contribution in [2.45, 2.75) is 52.4 Å². The van der Waals surface area contributed by atoms with Gasteiger partial charge in [-0.05, 0) is 52.4 Å². The van der Waals surface area contributed by atoms with E-state index in [1.807, 2.05) is 77.7 Å².